The minimum Gasteiger partial charge on any atom is -0.478 e. The average Bonchev–Trinajstić information content (AvgIpc) is 2.41. The van der Waals surface area contributed by atoms with Crippen molar-refractivity contribution >= 4 is 16.9 Å². The number of aromatic nitrogens is 1. The number of rotatable bonds is 1. The van der Waals surface area contributed by atoms with E-state index < -0.39 is 5.97 Å². The van der Waals surface area contributed by atoms with E-state index in [2.05, 4.69) is 13.8 Å². The number of carboxylic acid groups (broad SMARTS) is 1. The molecule has 2 aromatic rings. The molecule has 0 radical (unpaired) electrons. The number of pyridine rings is 1. The number of carbonyl (C=O) groups is 1. The lowest BCUT2D eigenvalue weighted by Crippen LogP contribution is -2.21. The van der Waals surface area contributed by atoms with Gasteiger partial charge in [0.25, 0.3) is 0 Å². The molecule has 0 spiro atoms. The topological polar surface area (TPSA) is 50.2 Å². The maximum Gasteiger partial charge on any atom is 0.336 e. The minimum atomic E-state index is -0.825. The highest BCUT2D eigenvalue weighted by molar-refractivity contribution is 6.06. The molecule has 21 heavy (non-hydrogen) atoms. The van der Waals surface area contributed by atoms with Crippen molar-refractivity contribution in [1.82, 2.24) is 4.98 Å². The summed E-state index contributed by atoms with van der Waals surface area (Å²) in [6.45, 7) is 8.32. The van der Waals surface area contributed by atoms with Crippen molar-refractivity contribution in [2.75, 3.05) is 0 Å². The van der Waals surface area contributed by atoms with E-state index in [0.717, 1.165) is 46.1 Å². The number of carboxylic acids is 1. The fraction of sp³-hybridized carbons (Fsp3) is 0.444. The largest absolute Gasteiger partial charge is 0.478 e. The molecule has 1 aromatic carbocycles. The van der Waals surface area contributed by atoms with Crippen molar-refractivity contribution in [3.05, 3.63) is 40.1 Å². The van der Waals surface area contributed by atoms with Gasteiger partial charge in [-0.05, 0) is 55.2 Å². The molecule has 2 atom stereocenters. The second-order valence-corrected chi connectivity index (χ2v) is 6.52. The van der Waals surface area contributed by atoms with Gasteiger partial charge in [-0.3, -0.25) is 4.98 Å². The van der Waals surface area contributed by atoms with Crippen molar-refractivity contribution in [2.24, 2.45) is 5.92 Å². The normalized spacial score (nSPS) is 21.3. The first-order valence-electron chi connectivity index (χ1n) is 7.56. The van der Waals surface area contributed by atoms with Crippen LogP contribution in [-0.4, -0.2) is 16.1 Å². The molecule has 0 aliphatic heterocycles. The Hall–Kier alpha value is -1.90. The van der Waals surface area contributed by atoms with Gasteiger partial charge in [0, 0.05) is 11.1 Å². The van der Waals surface area contributed by atoms with Crippen molar-refractivity contribution in [3.8, 4) is 0 Å². The highest BCUT2D eigenvalue weighted by atomic mass is 16.4. The van der Waals surface area contributed by atoms with Crippen LogP contribution in [0.3, 0.4) is 0 Å². The molecule has 1 aliphatic rings. The molecular weight excluding hydrogens is 262 g/mol. The predicted molar refractivity (Wildman–Crippen MR) is 84.1 cm³/mol. The first-order chi connectivity index (χ1) is 9.90. The molecule has 0 saturated carbocycles. The lowest BCUT2D eigenvalue weighted by Gasteiger charge is -2.28. The molecule has 3 heteroatoms. The Balaban J connectivity index is 2.48. The van der Waals surface area contributed by atoms with Crippen LogP contribution in [-0.2, 0) is 6.42 Å². The summed E-state index contributed by atoms with van der Waals surface area (Å²) < 4.78 is 0. The van der Waals surface area contributed by atoms with Crippen molar-refractivity contribution in [3.63, 3.8) is 0 Å². The van der Waals surface area contributed by atoms with Crippen LogP contribution in [0.5, 0.6) is 0 Å². The van der Waals surface area contributed by atoms with Crippen molar-refractivity contribution < 1.29 is 9.90 Å². The lowest BCUT2D eigenvalue weighted by atomic mass is 9.78. The van der Waals surface area contributed by atoms with Crippen LogP contribution in [0, 0.1) is 19.8 Å². The van der Waals surface area contributed by atoms with Crippen LogP contribution in [0.25, 0.3) is 10.9 Å². The van der Waals surface area contributed by atoms with Gasteiger partial charge in [0.15, 0.2) is 0 Å². The third-order valence-electron chi connectivity index (χ3n) is 4.67. The maximum absolute atomic E-state index is 11.9. The van der Waals surface area contributed by atoms with Crippen LogP contribution in [0.4, 0.5) is 0 Å². The smallest absolute Gasteiger partial charge is 0.336 e. The lowest BCUT2D eigenvalue weighted by molar-refractivity contribution is 0.0697. The molecule has 110 valence electrons. The highest BCUT2D eigenvalue weighted by Gasteiger charge is 2.29. The minimum absolute atomic E-state index is 0.325. The number of aryl methyl sites for hydroxylation is 2. The van der Waals surface area contributed by atoms with Crippen LogP contribution in [0.2, 0.25) is 0 Å². The van der Waals surface area contributed by atoms with Crippen LogP contribution in [0.1, 0.15) is 58.9 Å². The standard InChI is InChI=1S/C18H21NO2/c1-9-7-12(4)16-13(8-9)15(18(20)21)14-10(2)5-6-11(3)17(14)19-16/h5-6,9,12H,7-8H2,1-4H3,(H,20,21). The maximum atomic E-state index is 11.9. The summed E-state index contributed by atoms with van der Waals surface area (Å²) in [4.78, 5) is 16.8. The fourth-order valence-corrected chi connectivity index (χ4v) is 3.72. The van der Waals surface area contributed by atoms with E-state index in [1.165, 1.54) is 0 Å². The van der Waals surface area contributed by atoms with Crippen LogP contribution in [0.15, 0.2) is 12.1 Å². The van der Waals surface area contributed by atoms with Gasteiger partial charge < -0.3 is 5.11 Å². The van der Waals surface area contributed by atoms with E-state index in [1.807, 2.05) is 26.0 Å². The predicted octanol–water partition coefficient (Wildman–Crippen LogP) is 4.24. The molecule has 0 bridgehead atoms. The van der Waals surface area contributed by atoms with Crippen LogP contribution >= 0.6 is 0 Å². The quantitative estimate of drug-likeness (QED) is 0.851. The molecular formula is C18H21NO2. The summed E-state index contributed by atoms with van der Waals surface area (Å²) in [5.41, 5.74) is 5.32. The molecule has 3 rings (SSSR count). The second kappa shape index (κ2) is 4.83. The zero-order valence-corrected chi connectivity index (χ0v) is 13.0. The summed E-state index contributed by atoms with van der Waals surface area (Å²) in [6.07, 6.45) is 1.90. The third kappa shape index (κ3) is 2.11. The molecule has 1 aliphatic carbocycles. The average molecular weight is 283 g/mol. The summed E-state index contributed by atoms with van der Waals surface area (Å²) >= 11 is 0. The zero-order chi connectivity index (χ0) is 15.3. The third-order valence-corrected chi connectivity index (χ3v) is 4.67. The molecule has 1 N–H and O–H groups in total. The fourth-order valence-electron chi connectivity index (χ4n) is 3.72. The van der Waals surface area contributed by atoms with Gasteiger partial charge >= 0.3 is 5.97 Å². The Morgan fingerprint density at radius 2 is 1.90 bits per heavy atom. The Labute approximate surface area is 125 Å². The Morgan fingerprint density at radius 3 is 2.57 bits per heavy atom. The zero-order valence-electron chi connectivity index (χ0n) is 13.0. The number of hydrogen-bond donors (Lipinski definition) is 1. The molecule has 1 heterocycles. The van der Waals surface area contributed by atoms with Gasteiger partial charge in [-0.2, -0.15) is 0 Å². The van der Waals surface area contributed by atoms with E-state index in [0.29, 0.717) is 17.4 Å². The first-order valence-corrected chi connectivity index (χ1v) is 7.56. The van der Waals surface area contributed by atoms with E-state index in [4.69, 9.17) is 4.98 Å². The molecule has 0 amide bonds. The number of fused-ring (bicyclic) bond motifs is 2. The SMILES string of the molecule is Cc1ccc(C)c2c(C(=O)O)c3c(nc12)C(C)CC(C)C3. The summed E-state index contributed by atoms with van der Waals surface area (Å²) in [7, 11) is 0. The van der Waals surface area contributed by atoms with E-state index >= 15 is 0 Å². The molecule has 0 fully saturated rings. The van der Waals surface area contributed by atoms with Gasteiger partial charge in [-0.1, -0.05) is 26.0 Å². The van der Waals surface area contributed by atoms with Gasteiger partial charge in [0.1, 0.15) is 0 Å². The van der Waals surface area contributed by atoms with Crippen molar-refractivity contribution in [2.45, 2.75) is 46.5 Å². The Kier molecular flexibility index (Phi) is 3.23. The highest BCUT2D eigenvalue weighted by Crippen LogP contribution is 2.39. The van der Waals surface area contributed by atoms with Gasteiger partial charge in [-0.15, -0.1) is 0 Å². The Bertz CT molecular complexity index is 749. The monoisotopic (exact) mass is 283 g/mol. The number of nitrogens with zero attached hydrogens (tertiary/aromatic N) is 1. The number of aromatic carboxylic acids is 1. The number of hydrogen-bond acceptors (Lipinski definition) is 2. The van der Waals surface area contributed by atoms with Crippen molar-refractivity contribution in [1.29, 1.82) is 0 Å². The molecule has 0 saturated heterocycles. The first kappa shape index (κ1) is 14.1. The number of benzene rings is 1. The van der Waals surface area contributed by atoms with Gasteiger partial charge in [-0.25, -0.2) is 4.79 Å². The van der Waals surface area contributed by atoms with E-state index in [-0.39, 0.29) is 0 Å². The Morgan fingerprint density at radius 1 is 1.24 bits per heavy atom. The van der Waals surface area contributed by atoms with Gasteiger partial charge in [0.05, 0.1) is 11.1 Å². The van der Waals surface area contributed by atoms with Gasteiger partial charge in [0.2, 0.25) is 0 Å². The van der Waals surface area contributed by atoms with Crippen LogP contribution < -0.4 is 0 Å². The summed E-state index contributed by atoms with van der Waals surface area (Å²) in [6, 6.07) is 4.02. The van der Waals surface area contributed by atoms with E-state index in [9.17, 15) is 9.90 Å². The second-order valence-electron chi connectivity index (χ2n) is 6.52. The van der Waals surface area contributed by atoms with E-state index in [1.54, 1.807) is 0 Å². The molecule has 1 aromatic heterocycles. The summed E-state index contributed by atoms with van der Waals surface area (Å²) in [5, 5.41) is 10.6. The molecule has 2 unspecified atom stereocenters. The summed E-state index contributed by atoms with van der Waals surface area (Å²) in [5.74, 6) is 0.00905. The molecule has 3 nitrogen and oxygen atoms in total.